The van der Waals surface area contributed by atoms with Crippen LogP contribution in [0.4, 0.5) is 5.69 Å². The van der Waals surface area contributed by atoms with Gasteiger partial charge in [-0.05, 0) is 43.2 Å². The lowest BCUT2D eigenvalue weighted by Crippen LogP contribution is -2.32. The minimum absolute atomic E-state index is 0.306. The molecule has 2 aromatic rings. The van der Waals surface area contributed by atoms with Crippen LogP contribution in [0.15, 0.2) is 42.5 Å². The van der Waals surface area contributed by atoms with Gasteiger partial charge in [-0.15, -0.1) is 0 Å². The van der Waals surface area contributed by atoms with Crippen molar-refractivity contribution in [3.63, 3.8) is 0 Å². The van der Waals surface area contributed by atoms with E-state index < -0.39 is 24.4 Å². The summed E-state index contributed by atoms with van der Waals surface area (Å²) in [6.07, 6.45) is 0. The molecule has 0 aliphatic rings. The van der Waals surface area contributed by atoms with E-state index in [1.54, 1.807) is 30.3 Å². The van der Waals surface area contributed by atoms with Gasteiger partial charge >= 0.3 is 5.97 Å². The summed E-state index contributed by atoms with van der Waals surface area (Å²) in [6.45, 7) is 3.05. The van der Waals surface area contributed by atoms with Gasteiger partial charge in [0.25, 0.3) is 11.8 Å². The van der Waals surface area contributed by atoms with Gasteiger partial charge in [0.15, 0.2) is 6.61 Å². The van der Waals surface area contributed by atoms with Crippen LogP contribution in [-0.2, 0) is 14.3 Å². The Morgan fingerprint density at radius 2 is 1.74 bits per heavy atom. The Kier molecular flexibility index (Phi) is 6.93. The van der Waals surface area contributed by atoms with Gasteiger partial charge in [0.05, 0.1) is 12.7 Å². The summed E-state index contributed by atoms with van der Waals surface area (Å²) in [7, 11) is 1.45. The molecule has 2 N–H and O–H groups in total. The first kappa shape index (κ1) is 20.0. The molecule has 0 fully saturated rings. The summed E-state index contributed by atoms with van der Waals surface area (Å²) in [4.78, 5) is 35.8. The molecule has 2 rings (SSSR count). The number of amides is 2. The Morgan fingerprint density at radius 1 is 1.00 bits per heavy atom. The Morgan fingerprint density at radius 3 is 2.48 bits per heavy atom. The van der Waals surface area contributed by atoms with Crippen molar-refractivity contribution in [1.29, 1.82) is 0 Å². The van der Waals surface area contributed by atoms with Crippen LogP contribution >= 0.6 is 0 Å². The van der Waals surface area contributed by atoms with E-state index in [9.17, 15) is 14.4 Å². The normalized spacial score (nSPS) is 10.0. The number of aryl methyl sites for hydroxylation is 1. The molecule has 0 saturated carbocycles. The van der Waals surface area contributed by atoms with E-state index in [4.69, 9.17) is 9.47 Å². The predicted octanol–water partition coefficient (Wildman–Crippen LogP) is 2.22. The Labute approximate surface area is 157 Å². The van der Waals surface area contributed by atoms with Crippen molar-refractivity contribution in [1.82, 2.24) is 5.32 Å². The Bertz CT molecular complexity index is 848. The van der Waals surface area contributed by atoms with Crippen molar-refractivity contribution in [2.24, 2.45) is 0 Å². The lowest BCUT2D eigenvalue weighted by Gasteiger charge is -2.11. The van der Waals surface area contributed by atoms with Crippen molar-refractivity contribution in [2.45, 2.75) is 13.8 Å². The molecule has 0 heterocycles. The number of hydrogen-bond acceptors (Lipinski definition) is 5. The van der Waals surface area contributed by atoms with Crippen molar-refractivity contribution in [2.75, 3.05) is 25.6 Å². The molecule has 0 atom stereocenters. The van der Waals surface area contributed by atoms with E-state index in [1.165, 1.54) is 7.11 Å². The highest BCUT2D eigenvalue weighted by Crippen LogP contribution is 2.18. The van der Waals surface area contributed by atoms with Crippen LogP contribution in [0.3, 0.4) is 0 Å². The van der Waals surface area contributed by atoms with Gasteiger partial charge < -0.3 is 20.1 Å². The smallest absolute Gasteiger partial charge is 0.325 e. The van der Waals surface area contributed by atoms with Gasteiger partial charge in [-0.1, -0.05) is 24.3 Å². The number of methoxy groups -OCH3 is 1. The summed E-state index contributed by atoms with van der Waals surface area (Å²) in [5.74, 6) is -1.23. The largest absolute Gasteiger partial charge is 0.496 e. The minimum Gasteiger partial charge on any atom is -0.496 e. The van der Waals surface area contributed by atoms with Crippen LogP contribution < -0.4 is 15.4 Å². The van der Waals surface area contributed by atoms with Crippen LogP contribution in [-0.4, -0.2) is 38.0 Å². The maximum Gasteiger partial charge on any atom is 0.325 e. The number of benzene rings is 2. The molecule has 0 aliphatic carbocycles. The third-order valence-corrected chi connectivity index (χ3v) is 3.99. The van der Waals surface area contributed by atoms with Crippen molar-refractivity contribution < 1.29 is 23.9 Å². The van der Waals surface area contributed by atoms with Crippen LogP contribution in [0.2, 0.25) is 0 Å². The fourth-order valence-electron chi connectivity index (χ4n) is 2.35. The maximum atomic E-state index is 12.1. The molecule has 0 spiro atoms. The second-order valence-electron chi connectivity index (χ2n) is 5.84. The Hall–Kier alpha value is -3.35. The highest BCUT2D eigenvalue weighted by atomic mass is 16.5. The van der Waals surface area contributed by atoms with Gasteiger partial charge in [-0.2, -0.15) is 0 Å². The van der Waals surface area contributed by atoms with Gasteiger partial charge in [0.1, 0.15) is 12.3 Å². The summed E-state index contributed by atoms with van der Waals surface area (Å²) in [5.41, 5.74) is 2.96. The molecular weight excluding hydrogens is 348 g/mol. The summed E-state index contributed by atoms with van der Waals surface area (Å²) in [6, 6.07) is 12.2. The van der Waals surface area contributed by atoms with Crippen molar-refractivity contribution >= 4 is 23.5 Å². The monoisotopic (exact) mass is 370 g/mol. The molecule has 0 saturated heterocycles. The van der Waals surface area contributed by atoms with Crippen LogP contribution in [0.25, 0.3) is 0 Å². The predicted molar refractivity (Wildman–Crippen MR) is 101 cm³/mol. The zero-order chi connectivity index (χ0) is 19.8. The lowest BCUT2D eigenvalue weighted by atomic mass is 10.1. The molecular formula is C20H22N2O5. The zero-order valence-electron chi connectivity index (χ0n) is 15.5. The minimum atomic E-state index is -0.714. The molecule has 0 bridgehead atoms. The van der Waals surface area contributed by atoms with Crippen LogP contribution in [0.1, 0.15) is 21.5 Å². The van der Waals surface area contributed by atoms with Gasteiger partial charge in [-0.25, -0.2) is 0 Å². The van der Waals surface area contributed by atoms with Crippen LogP contribution in [0.5, 0.6) is 5.75 Å². The lowest BCUT2D eigenvalue weighted by molar-refractivity contribution is -0.146. The number of rotatable bonds is 7. The highest BCUT2D eigenvalue weighted by molar-refractivity contribution is 5.98. The van der Waals surface area contributed by atoms with E-state index in [0.29, 0.717) is 17.0 Å². The second-order valence-corrected chi connectivity index (χ2v) is 5.84. The summed E-state index contributed by atoms with van der Waals surface area (Å²) >= 11 is 0. The average Bonchev–Trinajstić information content (AvgIpc) is 2.68. The molecule has 0 aliphatic heterocycles. The molecule has 142 valence electrons. The number of carbonyl (C=O) groups is 3. The first-order chi connectivity index (χ1) is 12.9. The van der Waals surface area contributed by atoms with Gasteiger partial charge in [0, 0.05) is 5.69 Å². The first-order valence-corrected chi connectivity index (χ1v) is 8.35. The van der Waals surface area contributed by atoms with E-state index in [2.05, 4.69) is 10.6 Å². The fourth-order valence-corrected chi connectivity index (χ4v) is 2.35. The van der Waals surface area contributed by atoms with Gasteiger partial charge in [-0.3, -0.25) is 14.4 Å². The van der Waals surface area contributed by atoms with E-state index in [-0.39, 0.29) is 6.54 Å². The molecule has 0 aromatic heterocycles. The zero-order valence-corrected chi connectivity index (χ0v) is 15.5. The topological polar surface area (TPSA) is 93.7 Å². The number of hydrogen-bond donors (Lipinski definition) is 2. The molecule has 0 unspecified atom stereocenters. The van der Waals surface area contributed by atoms with Gasteiger partial charge in [0.2, 0.25) is 0 Å². The average molecular weight is 370 g/mol. The van der Waals surface area contributed by atoms with E-state index >= 15 is 0 Å². The molecule has 27 heavy (non-hydrogen) atoms. The first-order valence-electron chi connectivity index (χ1n) is 8.35. The molecule has 0 radical (unpaired) electrons. The fraction of sp³-hybridized carbons (Fsp3) is 0.250. The summed E-state index contributed by atoms with van der Waals surface area (Å²) < 4.78 is 9.99. The van der Waals surface area contributed by atoms with Crippen molar-refractivity contribution in [3.8, 4) is 5.75 Å². The number of carbonyl (C=O) groups excluding carboxylic acids is 3. The maximum absolute atomic E-state index is 12.1. The molecule has 7 heteroatoms. The standard InChI is InChI=1S/C20H22N2O5/c1-13-7-6-9-16(14(13)2)22-18(23)12-27-19(24)11-21-20(25)15-8-4-5-10-17(15)26-3/h4-10H,11-12H2,1-3H3,(H,21,25)(H,22,23). The quantitative estimate of drug-likeness (QED) is 0.729. The number of esters is 1. The molecule has 2 aromatic carbocycles. The molecule has 2 amide bonds. The highest BCUT2D eigenvalue weighted by Gasteiger charge is 2.14. The number of para-hydroxylation sites is 1. The Balaban J connectivity index is 1.79. The van der Waals surface area contributed by atoms with E-state index in [0.717, 1.165) is 11.1 Å². The molecule has 7 nitrogen and oxygen atoms in total. The van der Waals surface area contributed by atoms with Crippen molar-refractivity contribution in [3.05, 3.63) is 59.2 Å². The number of nitrogens with one attached hydrogen (secondary N) is 2. The second kappa shape index (κ2) is 9.38. The summed E-state index contributed by atoms with van der Waals surface area (Å²) in [5, 5.41) is 5.13. The van der Waals surface area contributed by atoms with Crippen LogP contribution in [0, 0.1) is 13.8 Å². The van der Waals surface area contributed by atoms with E-state index in [1.807, 2.05) is 26.0 Å². The third kappa shape index (κ3) is 5.57. The third-order valence-electron chi connectivity index (χ3n) is 3.99. The SMILES string of the molecule is COc1ccccc1C(=O)NCC(=O)OCC(=O)Nc1cccc(C)c1C. The number of ether oxygens (including phenoxy) is 2. The number of anilines is 1.